The minimum absolute atomic E-state index is 0.250. The van der Waals surface area contributed by atoms with Gasteiger partial charge >= 0.3 is 0 Å². The van der Waals surface area contributed by atoms with Crippen molar-refractivity contribution in [2.24, 2.45) is 0 Å². The number of nitrogens with zero attached hydrogens (tertiary/aromatic N) is 2. The van der Waals surface area contributed by atoms with E-state index in [0.717, 1.165) is 11.3 Å². The highest BCUT2D eigenvalue weighted by molar-refractivity contribution is 5.44. The van der Waals surface area contributed by atoms with Gasteiger partial charge in [-0.25, -0.2) is 0 Å². The Kier molecular flexibility index (Phi) is 2.14. The van der Waals surface area contributed by atoms with Gasteiger partial charge in [-0.05, 0) is 18.2 Å². The van der Waals surface area contributed by atoms with Gasteiger partial charge in [0.25, 0.3) is 0 Å². The molecule has 2 heterocycles. The molecule has 2 aromatic rings. The van der Waals surface area contributed by atoms with Gasteiger partial charge in [-0.3, -0.25) is 0 Å². The maximum absolute atomic E-state index is 11.1. The summed E-state index contributed by atoms with van der Waals surface area (Å²) in [5.41, 5.74) is 1.44. The van der Waals surface area contributed by atoms with Crippen LogP contribution >= 0.6 is 0 Å². The van der Waals surface area contributed by atoms with E-state index in [0.29, 0.717) is 18.0 Å². The zero-order chi connectivity index (χ0) is 11.8. The van der Waals surface area contributed by atoms with Crippen LogP contribution in [0, 0.1) is 6.92 Å². The van der Waals surface area contributed by atoms with Crippen molar-refractivity contribution in [3.63, 3.8) is 0 Å². The van der Waals surface area contributed by atoms with Crippen molar-refractivity contribution in [3.8, 4) is 17.4 Å². The van der Waals surface area contributed by atoms with Gasteiger partial charge in [0, 0.05) is 12.5 Å². The highest BCUT2D eigenvalue weighted by atomic mass is 16.7. The summed E-state index contributed by atoms with van der Waals surface area (Å²) < 4.78 is 16.6. The lowest BCUT2D eigenvalue weighted by molar-refractivity contribution is -0.759. The molecule has 17 heavy (non-hydrogen) atoms. The van der Waals surface area contributed by atoms with Gasteiger partial charge in [-0.15, -0.1) is 0 Å². The predicted molar refractivity (Wildman–Crippen MR) is 52.5 cm³/mol. The van der Waals surface area contributed by atoms with Gasteiger partial charge in [0.15, 0.2) is 17.4 Å². The van der Waals surface area contributed by atoms with Crippen LogP contribution in [0.25, 0.3) is 0 Å². The van der Waals surface area contributed by atoms with Crippen LogP contribution in [-0.4, -0.2) is 12.1 Å². The summed E-state index contributed by atoms with van der Waals surface area (Å²) in [6, 6.07) is 5.61. The van der Waals surface area contributed by atoms with Gasteiger partial charge in [-0.1, -0.05) is 4.68 Å². The third kappa shape index (κ3) is 1.67. The molecule has 0 saturated carbocycles. The summed E-state index contributed by atoms with van der Waals surface area (Å²) >= 11 is 0. The van der Waals surface area contributed by atoms with Crippen molar-refractivity contribution < 1.29 is 23.8 Å². The molecule has 0 aliphatic carbocycles. The van der Waals surface area contributed by atoms with E-state index < -0.39 is 5.95 Å². The van der Waals surface area contributed by atoms with E-state index in [2.05, 4.69) is 9.79 Å². The number of rotatable bonds is 2. The van der Waals surface area contributed by atoms with Crippen molar-refractivity contribution >= 4 is 0 Å². The summed E-state index contributed by atoms with van der Waals surface area (Å²) in [7, 11) is 0. The SMILES string of the molecule is Cc1c([O-])on[n+]1Cc1ccc2c(c1)OCO2. The molecular weight excluding hydrogens is 224 g/mol. The number of benzene rings is 1. The molecule has 3 rings (SSSR count). The maximum Gasteiger partial charge on any atom is 0.231 e. The largest absolute Gasteiger partial charge is 0.539 e. The number of aromatic nitrogens is 2. The van der Waals surface area contributed by atoms with E-state index >= 15 is 0 Å². The Morgan fingerprint density at radius 1 is 1.35 bits per heavy atom. The first-order valence-electron chi connectivity index (χ1n) is 5.16. The van der Waals surface area contributed by atoms with Crippen molar-refractivity contribution in [1.82, 2.24) is 5.27 Å². The number of hydrogen-bond acceptors (Lipinski definition) is 5. The maximum atomic E-state index is 11.1. The van der Waals surface area contributed by atoms with Gasteiger partial charge in [-0.2, -0.15) is 0 Å². The minimum atomic E-state index is -0.411. The molecule has 0 bridgehead atoms. The Labute approximate surface area is 97.0 Å². The van der Waals surface area contributed by atoms with Crippen LogP contribution in [-0.2, 0) is 6.54 Å². The van der Waals surface area contributed by atoms with Crippen LogP contribution in [0.15, 0.2) is 22.7 Å². The second-order valence-electron chi connectivity index (χ2n) is 3.79. The molecular formula is C11H10N2O4. The van der Waals surface area contributed by atoms with E-state index in [-0.39, 0.29) is 6.79 Å². The molecule has 1 aliphatic rings. The lowest BCUT2D eigenvalue weighted by atomic mass is 10.2. The predicted octanol–water partition coefficient (Wildman–Crippen LogP) is 0.121. The fourth-order valence-electron chi connectivity index (χ4n) is 1.68. The van der Waals surface area contributed by atoms with Crippen LogP contribution in [0.4, 0.5) is 0 Å². The Bertz CT molecular complexity index is 565. The molecule has 6 nitrogen and oxygen atoms in total. The molecule has 6 heteroatoms. The third-order valence-corrected chi connectivity index (χ3v) is 2.67. The number of fused-ring (bicyclic) bond motifs is 1. The first-order chi connectivity index (χ1) is 8.24. The number of hydrogen-bond donors (Lipinski definition) is 0. The van der Waals surface area contributed by atoms with E-state index in [4.69, 9.17) is 9.47 Å². The molecule has 0 amide bonds. The summed E-state index contributed by atoms with van der Waals surface area (Å²) in [5.74, 6) is 1.04. The van der Waals surface area contributed by atoms with Crippen molar-refractivity contribution in [2.45, 2.75) is 13.5 Å². The standard InChI is InChI=1S/C11H10N2O4/c1-7-11(14)17-12-13(7)5-8-2-3-9-10(4-8)16-6-15-9/h2-4H,5-6H2,1H3. The first kappa shape index (κ1) is 9.95. The van der Waals surface area contributed by atoms with Crippen molar-refractivity contribution in [3.05, 3.63) is 29.5 Å². The van der Waals surface area contributed by atoms with Gasteiger partial charge in [0.1, 0.15) is 0 Å². The average Bonchev–Trinajstić information content (AvgIpc) is 2.90. The molecule has 0 radical (unpaired) electrons. The zero-order valence-corrected chi connectivity index (χ0v) is 9.17. The fourth-order valence-corrected chi connectivity index (χ4v) is 1.68. The second kappa shape index (κ2) is 3.65. The topological polar surface area (TPSA) is 71.4 Å². The zero-order valence-electron chi connectivity index (χ0n) is 9.17. The monoisotopic (exact) mass is 234 g/mol. The summed E-state index contributed by atoms with van der Waals surface area (Å²) in [4.78, 5) is 0. The van der Waals surface area contributed by atoms with E-state index in [1.165, 1.54) is 4.68 Å². The Hall–Kier alpha value is -2.24. The van der Waals surface area contributed by atoms with E-state index in [1.54, 1.807) is 6.92 Å². The van der Waals surface area contributed by atoms with E-state index in [9.17, 15) is 5.11 Å². The van der Waals surface area contributed by atoms with Crippen molar-refractivity contribution in [2.75, 3.05) is 6.79 Å². The lowest BCUT2D eigenvalue weighted by Gasteiger charge is -1.98. The molecule has 88 valence electrons. The Balaban J connectivity index is 1.88. The van der Waals surface area contributed by atoms with Crippen LogP contribution in [0.1, 0.15) is 11.3 Å². The second-order valence-corrected chi connectivity index (χ2v) is 3.79. The molecule has 0 N–H and O–H groups in total. The molecule has 0 fully saturated rings. The normalized spacial score (nSPS) is 13.0. The molecule has 0 saturated heterocycles. The molecule has 0 spiro atoms. The molecule has 0 atom stereocenters. The Morgan fingerprint density at radius 3 is 2.94 bits per heavy atom. The van der Waals surface area contributed by atoms with Gasteiger partial charge in [0.2, 0.25) is 19.0 Å². The summed E-state index contributed by atoms with van der Waals surface area (Å²) in [6.07, 6.45) is 0. The van der Waals surface area contributed by atoms with Crippen molar-refractivity contribution in [1.29, 1.82) is 0 Å². The molecule has 1 aromatic heterocycles. The summed E-state index contributed by atoms with van der Waals surface area (Å²) in [6.45, 7) is 2.39. The third-order valence-electron chi connectivity index (χ3n) is 2.67. The highest BCUT2D eigenvalue weighted by Gasteiger charge is 2.17. The molecule has 1 aliphatic heterocycles. The molecule has 1 aromatic carbocycles. The van der Waals surface area contributed by atoms with Gasteiger partial charge < -0.3 is 19.1 Å². The van der Waals surface area contributed by atoms with Crippen LogP contribution < -0.4 is 19.3 Å². The van der Waals surface area contributed by atoms with Gasteiger partial charge in [0.05, 0.1) is 5.27 Å². The van der Waals surface area contributed by atoms with E-state index in [1.807, 2.05) is 18.2 Å². The summed E-state index contributed by atoms with van der Waals surface area (Å²) in [5, 5.41) is 14.8. The van der Waals surface area contributed by atoms with Crippen LogP contribution in [0.2, 0.25) is 0 Å². The quantitative estimate of drug-likeness (QED) is 0.690. The fraction of sp³-hybridized carbons (Fsp3) is 0.273. The van der Waals surface area contributed by atoms with Crippen LogP contribution in [0.5, 0.6) is 17.4 Å². The average molecular weight is 234 g/mol. The molecule has 0 unspecified atom stereocenters. The minimum Gasteiger partial charge on any atom is -0.539 e. The van der Waals surface area contributed by atoms with Crippen LogP contribution in [0.3, 0.4) is 0 Å². The Morgan fingerprint density at radius 2 is 2.18 bits per heavy atom. The lowest BCUT2D eigenvalue weighted by Crippen LogP contribution is -2.38. The first-order valence-corrected chi connectivity index (χ1v) is 5.16. The smallest absolute Gasteiger partial charge is 0.231 e. The highest BCUT2D eigenvalue weighted by Crippen LogP contribution is 2.32. The number of ether oxygens (including phenoxy) is 2.